The Hall–Kier alpha value is -3.45. The molecule has 0 saturated carbocycles. The third kappa shape index (κ3) is 5.25. The van der Waals surface area contributed by atoms with Crippen molar-refractivity contribution < 1.29 is 31.4 Å². The summed E-state index contributed by atoms with van der Waals surface area (Å²) >= 11 is 1.13. The van der Waals surface area contributed by atoms with Crippen LogP contribution >= 0.6 is 11.3 Å². The average molecular weight is 554 g/mol. The number of hydrogen-bond acceptors (Lipinski definition) is 7. The van der Waals surface area contributed by atoms with Crippen LogP contribution in [-0.2, 0) is 18.8 Å². The summed E-state index contributed by atoms with van der Waals surface area (Å²) in [7, 11) is 1.99. The quantitative estimate of drug-likeness (QED) is 0.496. The van der Waals surface area contributed by atoms with Gasteiger partial charge in [-0.05, 0) is 47.7 Å². The van der Waals surface area contributed by atoms with Gasteiger partial charge in [0.05, 0.1) is 27.6 Å². The molecule has 0 aliphatic carbocycles. The first-order chi connectivity index (χ1) is 17.9. The number of piperazine rings is 1. The summed E-state index contributed by atoms with van der Waals surface area (Å²) < 4.78 is 81.5. The molecule has 0 atom stereocenters. The largest absolute Gasteiger partial charge is 0.492 e. The van der Waals surface area contributed by atoms with Crippen molar-refractivity contribution in [2.75, 3.05) is 38.1 Å². The number of hydrogen-bond donors (Lipinski definition) is 1. The number of alkyl halides is 6. The second-order valence-electron chi connectivity index (χ2n) is 9.08. The predicted octanol–water partition coefficient (Wildman–Crippen LogP) is 4.05. The lowest BCUT2D eigenvalue weighted by Gasteiger charge is -2.31. The van der Waals surface area contributed by atoms with Crippen molar-refractivity contribution in [3.8, 4) is 5.88 Å². The lowest BCUT2D eigenvalue weighted by atomic mass is 9.94. The summed E-state index contributed by atoms with van der Waals surface area (Å²) in [6.45, 7) is 2.87. The van der Waals surface area contributed by atoms with E-state index in [1.807, 2.05) is 11.9 Å². The first-order valence-electron chi connectivity index (χ1n) is 11.6. The van der Waals surface area contributed by atoms with Gasteiger partial charge in [-0.2, -0.15) is 41.5 Å². The second kappa shape index (κ2) is 9.70. The molecule has 2 aliphatic rings. The third-order valence-electron chi connectivity index (χ3n) is 6.49. The van der Waals surface area contributed by atoms with Gasteiger partial charge in [0.15, 0.2) is 5.13 Å². The molecule has 0 amide bonds. The van der Waals surface area contributed by atoms with E-state index in [4.69, 9.17) is 0 Å². The number of halogens is 6. The van der Waals surface area contributed by atoms with Gasteiger partial charge in [0, 0.05) is 38.2 Å². The van der Waals surface area contributed by atoms with E-state index in [-0.39, 0.29) is 22.4 Å². The molecular weight excluding hydrogens is 532 g/mol. The maximum absolute atomic E-state index is 13.9. The van der Waals surface area contributed by atoms with Crippen LogP contribution in [0.3, 0.4) is 0 Å². The van der Waals surface area contributed by atoms with Crippen LogP contribution in [0.15, 0.2) is 46.6 Å². The Kier molecular flexibility index (Phi) is 6.68. The van der Waals surface area contributed by atoms with Crippen LogP contribution < -0.4 is 15.5 Å². The molecule has 200 valence electrons. The zero-order chi connectivity index (χ0) is 27.2. The summed E-state index contributed by atoms with van der Waals surface area (Å²) in [4.78, 5) is 8.66. The first kappa shape index (κ1) is 26.2. The van der Waals surface area contributed by atoms with E-state index < -0.39 is 29.9 Å². The fourth-order valence-corrected chi connectivity index (χ4v) is 5.47. The molecule has 0 unspecified atom stereocenters. The van der Waals surface area contributed by atoms with E-state index >= 15 is 0 Å². The van der Waals surface area contributed by atoms with E-state index in [1.165, 1.54) is 6.21 Å². The minimum Gasteiger partial charge on any atom is -0.492 e. The molecule has 2 aliphatic heterocycles. The van der Waals surface area contributed by atoms with Crippen molar-refractivity contribution in [1.82, 2.24) is 9.88 Å². The average Bonchev–Trinajstić information content (AvgIpc) is 3.48. The fraction of sp³-hybridized carbons (Fsp3) is 0.320. The predicted molar refractivity (Wildman–Crippen MR) is 131 cm³/mol. The Morgan fingerprint density at radius 1 is 0.974 bits per heavy atom. The standard InChI is InChI=1S/C25H21F6N5OS/c1-35-6-8-36(9-7-35)23-33-22(37)21(38-23)18(14-3-5-20-16(10-14)13-32-34-20)11-15-2-4-17(24(26,27)28)12-19(15)25(29,30)31/h2-5,10,12-13,37H,6-9,11H2,1H3/b18-14+. The zero-order valence-corrected chi connectivity index (χ0v) is 20.8. The maximum atomic E-state index is 13.9. The number of aromatic nitrogens is 1. The van der Waals surface area contributed by atoms with Crippen LogP contribution in [0.2, 0.25) is 0 Å². The maximum Gasteiger partial charge on any atom is 0.416 e. The van der Waals surface area contributed by atoms with Crippen molar-refractivity contribution in [1.29, 1.82) is 0 Å². The van der Waals surface area contributed by atoms with Crippen LogP contribution in [0.25, 0.3) is 5.57 Å². The molecule has 1 N–H and O–H groups in total. The van der Waals surface area contributed by atoms with Crippen molar-refractivity contribution in [3.63, 3.8) is 0 Å². The Morgan fingerprint density at radius 2 is 1.71 bits per heavy atom. The van der Waals surface area contributed by atoms with E-state index in [0.717, 1.165) is 30.5 Å². The molecular formula is C25H21F6N5OS. The molecule has 38 heavy (non-hydrogen) atoms. The Bertz CT molecular complexity index is 1520. The monoisotopic (exact) mass is 553 g/mol. The fourth-order valence-electron chi connectivity index (χ4n) is 4.40. The minimum atomic E-state index is -5.02. The molecule has 1 saturated heterocycles. The normalized spacial score (nSPS) is 17.0. The Balaban J connectivity index is 1.65. The van der Waals surface area contributed by atoms with Crippen LogP contribution in [0.4, 0.5) is 31.5 Å². The van der Waals surface area contributed by atoms with Crippen LogP contribution in [0.5, 0.6) is 5.88 Å². The summed E-state index contributed by atoms with van der Waals surface area (Å²) in [5.41, 5.74) is -2.19. The third-order valence-corrected chi connectivity index (χ3v) is 7.66. The number of likely N-dealkylation sites (N-methyl/N-ethyl adjacent to an activating group) is 1. The second-order valence-corrected chi connectivity index (χ2v) is 10.1. The number of anilines is 1. The number of rotatable bonds is 4. The van der Waals surface area contributed by atoms with Gasteiger partial charge in [-0.15, -0.1) is 0 Å². The van der Waals surface area contributed by atoms with E-state index in [9.17, 15) is 31.4 Å². The highest BCUT2D eigenvalue weighted by molar-refractivity contribution is 7.17. The molecule has 0 radical (unpaired) electrons. The number of nitrogens with zero attached hydrogens (tertiary/aromatic N) is 5. The van der Waals surface area contributed by atoms with Gasteiger partial charge in [0.2, 0.25) is 5.88 Å². The lowest BCUT2D eigenvalue weighted by Crippen LogP contribution is -2.44. The van der Waals surface area contributed by atoms with Crippen molar-refractivity contribution in [2.45, 2.75) is 18.8 Å². The summed E-state index contributed by atoms with van der Waals surface area (Å²) in [6.07, 6.45) is -8.84. The number of thiazole rings is 1. The van der Waals surface area contributed by atoms with Gasteiger partial charge in [0.1, 0.15) is 0 Å². The van der Waals surface area contributed by atoms with E-state index in [2.05, 4.69) is 20.1 Å². The van der Waals surface area contributed by atoms with Crippen LogP contribution in [0.1, 0.15) is 27.1 Å². The lowest BCUT2D eigenvalue weighted by molar-refractivity contribution is -0.143. The van der Waals surface area contributed by atoms with Crippen molar-refractivity contribution >= 4 is 28.3 Å². The molecule has 3 aromatic rings. The van der Waals surface area contributed by atoms with Crippen molar-refractivity contribution in [3.05, 3.63) is 74.1 Å². The topological polar surface area (TPSA) is 64.3 Å². The van der Waals surface area contributed by atoms with E-state index in [1.54, 1.807) is 18.2 Å². The summed E-state index contributed by atoms with van der Waals surface area (Å²) in [6, 6.07) is 6.57. The molecule has 5 rings (SSSR count). The minimum absolute atomic E-state index is 0.128. The molecule has 0 spiro atoms. The number of benzene rings is 2. The van der Waals surface area contributed by atoms with Gasteiger partial charge in [-0.1, -0.05) is 23.5 Å². The first-order valence-corrected chi connectivity index (χ1v) is 12.4. The van der Waals surface area contributed by atoms with Gasteiger partial charge in [0.25, 0.3) is 0 Å². The number of aromatic hydroxyl groups is 1. The molecule has 6 nitrogen and oxygen atoms in total. The Labute approximate surface area is 216 Å². The highest BCUT2D eigenvalue weighted by Crippen LogP contribution is 2.41. The van der Waals surface area contributed by atoms with Crippen LogP contribution in [-0.4, -0.2) is 54.4 Å². The van der Waals surface area contributed by atoms with Gasteiger partial charge >= 0.3 is 12.4 Å². The molecule has 13 heteroatoms. The highest BCUT2D eigenvalue weighted by atomic mass is 32.1. The molecule has 1 fully saturated rings. The molecule has 3 heterocycles. The molecule has 0 bridgehead atoms. The van der Waals surface area contributed by atoms with Crippen LogP contribution in [0, 0.1) is 0 Å². The smallest absolute Gasteiger partial charge is 0.416 e. The van der Waals surface area contributed by atoms with Gasteiger partial charge in [-0.3, -0.25) is 0 Å². The summed E-state index contributed by atoms with van der Waals surface area (Å²) in [5.74, 6) is -0.349. The highest BCUT2D eigenvalue weighted by Gasteiger charge is 2.38. The number of fused-ring (bicyclic) bond motifs is 1. The molecule has 2 aromatic carbocycles. The Morgan fingerprint density at radius 3 is 2.39 bits per heavy atom. The van der Waals surface area contributed by atoms with E-state index in [0.29, 0.717) is 46.0 Å². The molecule has 1 aromatic heterocycles. The van der Waals surface area contributed by atoms with Gasteiger partial charge in [-0.25, -0.2) is 0 Å². The zero-order valence-electron chi connectivity index (χ0n) is 19.9. The summed E-state index contributed by atoms with van der Waals surface area (Å²) in [5, 5.41) is 20.2. The SMILES string of the molecule is CN1CCN(c2nc(O)c(/C(Cc3ccc(C(F)(F)F)cc3C(F)(F)F)=c3\ccc4c(c3)C=NN=4)s2)CC1. The van der Waals surface area contributed by atoms with Crippen molar-refractivity contribution in [2.24, 2.45) is 10.2 Å². The van der Waals surface area contributed by atoms with Gasteiger partial charge < -0.3 is 14.9 Å².